The molecule has 0 spiro atoms. The SMILES string of the molecule is CN(Cc1ccc(-n2cccn2)cc1)C(=O)c1cc(-c2ccco2)[nH]n1. The van der Waals surface area contributed by atoms with Crippen LogP contribution < -0.4 is 0 Å². The number of nitrogens with zero attached hydrogens (tertiary/aromatic N) is 4. The molecule has 0 fully saturated rings. The average Bonchev–Trinajstić information content (AvgIpc) is 3.43. The van der Waals surface area contributed by atoms with Gasteiger partial charge in [0.15, 0.2) is 11.5 Å². The summed E-state index contributed by atoms with van der Waals surface area (Å²) < 4.78 is 7.10. The van der Waals surface area contributed by atoms with Gasteiger partial charge >= 0.3 is 0 Å². The molecule has 130 valence electrons. The van der Waals surface area contributed by atoms with Crippen LogP contribution in [-0.4, -0.2) is 37.8 Å². The number of H-pyrrole nitrogens is 1. The molecule has 0 radical (unpaired) electrons. The highest BCUT2D eigenvalue weighted by atomic mass is 16.3. The van der Waals surface area contributed by atoms with Crippen LogP contribution in [0.15, 0.2) is 71.6 Å². The lowest BCUT2D eigenvalue weighted by Gasteiger charge is -2.16. The van der Waals surface area contributed by atoms with Crippen molar-refractivity contribution < 1.29 is 9.21 Å². The Labute approximate surface area is 149 Å². The molecule has 7 heteroatoms. The first-order valence-corrected chi connectivity index (χ1v) is 8.14. The van der Waals surface area contributed by atoms with E-state index in [2.05, 4.69) is 15.3 Å². The van der Waals surface area contributed by atoms with Gasteiger partial charge in [0.05, 0.1) is 12.0 Å². The topological polar surface area (TPSA) is 80.0 Å². The normalized spacial score (nSPS) is 10.8. The molecule has 7 nitrogen and oxygen atoms in total. The highest BCUT2D eigenvalue weighted by Gasteiger charge is 2.17. The van der Waals surface area contributed by atoms with E-state index in [0.29, 0.717) is 23.7 Å². The van der Waals surface area contributed by atoms with Crippen molar-refractivity contribution in [3.8, 4) is 17.1 Å². The number of benzene rings is 1. The highest BCUT2D eigenvalue weighted by Crippen LogP contribution is 2.19. The molecule has 1 N–H and O–H groups in total. The first-order chi connectivity index (χ1) is 12.7. The molecule has 0 aliphatic carbocycles. The smallest absolute Gasteiger partial charge is 0.274 e. The Morgan fingerprint density at radius 1 is 1.23 bits per heavy atom. The summed E-state index contributed by atoms with van der Waals surface area (Å²) in [6, 6.07) is 15.1. The molecule has 3 aromatic heterocycles. The van der Waals surface area contributed by atoms with E-state index in [4.69, 9.17) is 4.42 Å². The van der Waals surface area contributed by atoms with Gasteiger partial charge in [0, 0.05) is 32.1 Å². The van der Waals surface area contributed by atoms with E-state index in [0.717, 1.165) is 11.3 Å². The molecule has 0 saturated carbocycles. The van der Waals surface area contributed by atoms with Crippen molar-refractivity contribution in [2.45, 2.75) is 6.54 Å². The van der Waals surface area contributed by atoms with Gasteiger partial charge < -0.3 is 9.32 Å². The zero-order valence-corrected chi connectivity index (χ0v) is 14.2. The maximum atomic E-state index is 12.6. The van der Waals surface area contributed by atoms with E-state index in [1.165, 1.54) is 0 Å². The van der Waals surface area contributed by atoms with Crippen LogP contribution in [0.25, 0.3) is 17.1 Å². The Morgan fingerprint density at radius 2 is 2.08 bits per heavy atom. The van der Waals surface area contributed by atoms with Crippen LogP contribution in [0.3, 0.4) is 0 Å². The van der Waals surface area contributed by atoms with Gasteiger partial charge in [0.25, 0.3) is 5.91 Å². The summed E-state index contributed by atoms with van der Waals surface area (Å²) in [4.78, 5) is 14.2. The monoisotopic (exact) mass is 347 g/mol. The molecular formula is C19H17N5O2. The summed E-state index contributed by atoms with van der Waals surface area (Å²) in [6.45, 7) is 0.487. The third kappa shape index (κ3) is 3.14. The standard InChI is InChI=1S/C19H17N5O2/c1-23(13-14-5-7-15(8-6-14)24-10-3-9-20-24)19(25)17-12-16(21-22-17)18-4-2-11-26-18/h2-12H,13H2,1H3,(H,21,22). The largest absolute Gasteiger partial charge is 0.463 e. The molecule has 1 aromatic carbocycles. The van der Waals surface area contributed by atoms with E-state index in [1.807, 2.05) is 42.6 Å². The molecule has 0 atom stereocenters. The molecule has 1 amide bonds. The van der Waals surface area contributed by atoms with Crippen LogP contribution in [0.5, 0.6) is 0 Å². The Hall–Kier alpha value is -3.61. The summed E-state index contributed by atoms with van der Waals surface area (Å²) in [5.74, 6) is 0.489. The fourth-order valence-electron chi connectivity index (χ4n) is 2.71. The summed E-state index contributed by atoms with van der Waals surface area (Å²) in [6.07, 6.45) is 5.21. The van der Waals surface area contributed by atoms with Crippen LogP contribution in [0, 0.1) is 0 Å². The van der Waals surface area contributed by atoms with Gasteiger partial charge in [-0.2, -0.15) is 10.2 Å². The number of hydrogen-bond acceptors (Lipinski definition) is 4. The summed E-state index contributed by atoms with van der Waals surface area (Å²) in [5.41, 5.74) is 3.03. The minimum atomic E-state index is -0.157. The third-order valence-corrected chi connectivity index (χ3v) is 4.06. The second-order valence-corrected chi connectivity index (χ2v) is 5.92. The molecule has 0 aliphatic rings. The van der Waals surface area contributed by atoms with Crippen LogP contribution in [0.2, 0.25) is 0 Å². The maximum Gasteiger partial charge on any atom is 0.274 e. The third-order valence-electron chi connectivity index (χ3n) is 4.06. The Morgan fingerprint density at radius 3 is 2.77 bits per heavy atom. The molecule has 3 heterocycles. The molecule has 0 aliphatic heterocycles. The highest BCUT2D eigenvalue weighted by molar-refractivity contribution is 5.93. The minimum Gasteiger partial charge on any atom is -0.463 e. The van der Waals surface area contributed by atoms with E-state index in [1.54, 1.807) is 41.2 Å². The van der Waals surface area contributed by atoms with Crippen molar-refractivity contribution in [3.05, 3.63) is 78.4 Å². The average molecular weight is 347 g/mol. The molecule has 4 aromatic rings. The van der Waals surface area contributed by atoms with Crippen molar-refractivity contribution >= 4 is 5.91 Å². The summed E-state index contributed by atoms with van der Waals surface area (Å²) in [5, 5.41) is 11.1. The molecule has 4 rings (SSSR count). The molecular weight excluding hydrogens is 330 g/mol. The van der Waals surface area contributed by atoms with Gasteiger partial charge in [0.2, 0.25) is 0 Å². The first kappa shape index (κ1) is 15.9. The van der Waals surface area contributed by atoms with Gasteiger partial charge in [-0.3, -0.25) is 9.89 Å². The zero-order chi connectivity index (χ0) is 17.9. The fourth-order valence-corrected chi connectivity index (χ4v) is 2.71. The number of hydrogen-bond donors (Lipinski definition) is 1. The van der Waals surface area contributed by atoms with Gasteiger partial charge in [-0.25, -0.2) is 4.68 Å². The van der Waals surface area contributed by atoms with Crippen molar-refractivity contribution in [1.29, 1.82) is 0 Å². The van der Waals surface area contributed by atoms with Crippen LogP contribution >= 0.6 is 0 Å². The summed E-state index contributed by atoms with van der Waals surface area (Å²) >= 11 is 0. The number of amides is 1. The maximum absolute atomic E-state index is 12.6. The lowest BCUT2D eigenvalue weighted by Crippen LogP contribution is -2.26. The zero-order valence-electron chi connectivity index (χ0n) is 14.2. The lowest BCUT2D eigenvalue weighted by atomic mass is 10.2. The molecule has 0 unspecified atom stereocenters. The van der Waals surface area contributed by atoms with Crippen LogP contribution in [0.4, 0.5) is 0 Å². The second-order valence-electron chi connectivity index (χ2n) is 5.92. The van der Waals surface area contributed by atoms with Gasteiger partial charge in [-0.05, 0) is 35.9 Å². The number of carbonyl (C=O) groups excluding carboxylic acids is 1. The van der Waals surface area contributed by atoms with Crippen LogP contribution in [-0.2, 0) is 6.54 Å². The number of rotatable bonds is 5. The van der Waals surface area contributed by atoms with Crippen molar-refractivity contribution in [2.75, 3.05) is 7.05 Å². The van der Waals surface area contributed by atoms with Gasteiger partial charge in [-0.1, -0.05) is 12.1 Å². The van der Waals surface area contributed by atoms with Gasteiger partial charge in [-0.15, -0.1) is 0 Å². The molecule has 26 heavy (non-hydrogen) atoms. The quantitative estimate of drug-likeness (QED) is 0.601. The van der Waals surface area contributed by atoms with E-state index in [9.17, 15) is 4.79 Å². The van der Waals surface area contributed by atoms with Crippen molar-refractivity contribution in [1.82, 2.24) is 24.9 Å². The number of aromatic nitrogens is 4. The number of nitrogens with one attached hydrogen (secondary N) is 1. The van der Waals surface area contributed by atoms with Crippen LogP contribution in [0.1, 0.15) is 16.1 Å². The molecule has 0 saturated heterocycles. The minimum absolute atomic E-state index is 0.157. The summed E-state index contributed by atoms with van der Waals surface area (Å²) in [7, 11) is 1.75. The Kier molecular flexibility index (Phi) is 4.10. The second kappa shape index (κ2) is 6.72. The van der Waals surface area contributed by atoms with E-state index in [-0.39, 0.29) is 5.91 Å². The van der Waals surface area contributed by atoms with Gasteiger partial charge in [0.1, 0.15) is 5.69 Å². The fraction of sp³-hybridized carbons (Fsp3) is 0.105. The predicted molar refractivity (Wildman–Crippen MR) is 95.7 cm³/mol. The first-order valence-electron chi connectivity index (χ1n) is 8.14. The molecule has 0 bridgehead atoms. The predicted octanol–water partition coefficient (Wildman–Crippen LogP) is 3.13. The Bertz CT molecular complexity index is 985. The van der Waals surface area contributed by atoms with Crippen molar-refractivity contribution in [3.63, 3.8) is 0 Å². The number of aromatic amines is 1. The number of furan rings is 1. The lowest BCUT2D eigenvalue weighted by molar-refractivity contribution is 0.0779. The van der Waals surface area contributed by atoms with E-state index < -0.39 is 0 Å². The van der Waals surface area contributed by atoms with E-state index >= 15 is 0 Å². The number of carbonyl (C=O) groups is 1. The Balaban J connectivity index is 1.44. The van der Waals surface area contributed by atoms with Crippen molar-refractivity contribution in [2.24, 2.45) is 0 Å².